The summed E-state index contributed by atoms with van der Waals surface area (Å²) < 4.78 is 0. The van der Waals surface area contributed by atoms with Crippen molar-refractivity contribution in [3.63, 3.8) is 0 Å². The van der Waals surface area contributed by atoms with Gasteiger partial charge >= 0.3 is 0 Å². The van der Waals surface area contributed by atoms with E-state index in [-0.39, 0.29) is 30.8 Å². The molecule has 2 unspecified atom stereocenters. The molecule has 1 aliphatic carbocycles. The van der Waals surface area contributed by atoms with Crippen LogP contribution in [0.5, 0.6) is 0 Å². The molecule has 1 fully saturated rings. The maximum atomic E-state index is 10.9. The Hall–Kier alpha value is -0.410. The molecule has 0 aromatic carbocycles. The van der Waals surface area contributed by atoms with Gasteiger partial charge in [0.15, 0.2) is 0 Å². The Morgan fingerprint density at radius 3 is 2.45 bits per heavy atom. The number of hydrogen-bond acceptors (Lipinski definition) is 3. The normalized spacial score (nSPS) is 32.4. The summed E-state index contributed by atoms with van der Waals surface area (Å²) in [5.41, 5.74) is 0. The molecule has 11 heavy (non-hydrogen) atoms. The van der Waals surface area contributed by atoms with Crippen LogP contribution in [0.3, 0.4) is 0 Å². The van der Waals surface area contributed by atoms with Crippen LogP contribution in [-0.4, -0.2) is 29.2 Å². The van der Waals surface area contributed by atoms with E-state index in [1.807, 2.05) is 0 Å². The molecule has 3 heteroatoms. The van der Waals surface area contributed by atoms with Gasteiger partial charge in [-0.1, -0.05) is 0 Å². The molecule has 1 saturated carbocycles. The highest BCUT2D eigenvalue weighted by molar-refractivity contribution is 5.79. The maximum absolute atomic E-state index is 10.9. The fourth-order valence-electron chi connectivity index (χ4n) is 1.60. The Kier molecular flexibility index (Phi) is 3.02. The van der Waals surface area contributed by atoms with E-state index in [4.69, 9.17) is 10.2 Å². The second-order valence-corrected chi connectivity index (χ2v) is 3.17. The van der Waals surface area contributed by atoms with Crippen molar-refractivity contribution >= 4 is 5.78 Å². The predicted octanol–water partition coefficient (Wildman–Crippen LogP) is -0.0436. The molecule has 0 saturated heterocycles. The second kappa shape index (κ2) is 3.83. The number of carbonyl (C=O) groups is 1. The second-order valence-electron chi connectivity index (χ2n) is 3.17. The van der Waals surface area contributed by atoms with Crippen molar-refractivity contribution in [3.05, 3.63) is 0 Å². The lowest BCUT2D eigenvalue weighted by atomic mass is 9.79. The van der Waals surface area contributed by atoms with Crippen LogP contribution in [-0.2, 0) is 4.79 Å². The van der Waals surface area contributed by atoms with Gasteiger partial charge in [-0.3, -0.25) is 4.79 Å². The number of aliphatic hydroxyl groups excluding tert-OH is 2. The molecular weight excluding hydrogens is 144 g/mol. The van der Waals surface area contributed by atoms with E-state index in [1.165, 1.54) is 0 Å². The first-order valence-electron chi connectivity index (χ1n) is 4.01. The molecule has 0 spiro atoms. The number of ketones is 1. The van der Waals surface area contributed by atoms with Gasteiger partial charge in [0.05, 0.1) is 0 Å². The SMILES string of the molecule is O=C1CCC(CO)C(CO)C1. The van der Waals surface area contributed by atoms with E-state index in [9.17, 15) is 4.79 Å². The van der Waals surface area contributed by atoms with E-state index < -0.39 is 0 Å². The summed E-state index contributed by atoms with van der Waals surface area (Å²) in [7, 11) is 0. The van der Waals surface area contributed by atoms with E-state index in [1.54, 1.807) is 0 Å². The van der Waals surface area contributed by atoms with Gasteiger partial charge in [0.2, 0.25) is 0 Å². The Balaban J connectivity index is 2.48. The predicted molar refractivity (Wildman–Crippen MR) is 40.0 cm³/mol. The van der Waals surface area contributed by atoms with Gasteiger partial charge in [-0.15, -0.1) is 0 Å². The van der Waals surface area contributed by atoms with Crippen molar-refractivity contribution < 1.29 is 15.0 Å². The third-order valence-corrected chi connectivity index (χ3v) is 2.42. The minimum Gasteiger partial charge on any atom is -0.396 e. The van der Waals surface area contributed by atoms with Gasteiger partial charge in [-0.2, -0.15) is 0 Å². The van der Waals surface area contributed by atoms with Crippen molar-refractivity contribution in [2.45, 2.75) is 19.3 Å². The van der Waals surface area contributed by atoms with Gasteiger partial charge in [-0.25, -0.2) is 0 Å². The van der Waals surface area contributed by atoms with Crippen LogP contribution in [0, 0.1) is 11.8 Å². The topological polar surface area (TPSA) is 57.5 Å². The molecule has 3 nitrogen and oxygen atoms in total. The van der Waals surface area contributed by atoms with Crippen LogP contribution in [0.25, 0.3) is 0 Å². The third-order valence-electron chi connectivity index (χ3n) is 2.42. The van der Waals surface area contributed by atoms with Crippen molar-refractivity contribution in [2.75, 3.05) is 13.2 Å². The van der Waals surface area contributed by atoms with E-state index in [0.717, 1.165) is 6.42 Å². The first-order chi connectivity index (χ1) is 5.27. The molecule has 0 aromatic rings. The van der Waals surface area contributed by atoms with Crippen LogP contribution in [0.1, 0.15) is 19.3 Å². The molecular formula is C8H14O3. The standard InChI is InChI=1S/C8H14O3/c9-4-6-1-2-8(11)3-7(6)5-10/h6-7,9-10H,1-5H2. The molecule has 0 aliphatic heterocycles. The smallest absolute Gasteiger partial charge is 0.133 e. The Morgan fingerprint density at radius 2 is 1.91 bits per heavy atom. The first kappa shape index (κ1) is 8.68. The maximum Gasteiger partial charge on any atom is 0.133 e. The van der Waals surface area contributed by atoms with Crippen molar-refractivity contribution in [1.29, 1.82) is 0 Å². The van der Waals surface area contributed by atoms with Gasteiger partial charge in [0.25, 0.3) is 0 Å². The van der Waals surface area contributed by atoms with E-state index >= 15 is 0 Å². The van der Waals surface area contributed by atoms with Gasteiger partial charge in [0.1, 0.15) is 5.78 Å². The Bertz CT molecular complexity index is 144. The number of rotatable bonds is 2. The minimum atomic E-state index is 0.00116. The quantitative estimate of drug-likeness (QED) is 0.592. The highest BCUT2D eigenvalue weighted by Gasteiger charge is 2.27. The highest BCUT2D eigenvalue weighted by Crippen LogP contribution is 2.26. The zero-order valence-electron chi connectivity index (χ0n) is 6.49. The lowest BCUT2D eigenvalue weighted by Crippen LogP contribution is -2.29. The average molecular weight is 158 g/mol. The van der Waals surface area contributed by atoms with Crippen LogP contribution in [0.4, 0.5) is 0 Å². The van der Waals surface area contributed by atoms with Gasteiger partial charge < -0.3 is 10.2 Å². The fourth-order valence-corrected chi connectivity index (χ4v) is 1.60. The molecule has 0 amide bonds. The summed E-state index contributed by atoms with van der Waals surface area (Å²) in [4.78, 5) is 10.9. The molecule has 0 heterocycles. The van der Waals surface area contributed by atoms with Crippen LogP contribution >= 0.6 is 0 Å². The molecule has 64 valence electrons. The fraction of sp³-hybridized carbons (Fsp3) is 0.875. The lowest BCUT2D eigenvalue weighted by molar-refractivity contribution is -0.123. The monoisotopic (exact) mass is 158 g/mol. The minimum absolute atomic E-state index is 0.00116. The summed E-state index contributed by atoms with van der Waals surface area (Å²) in [6.45, 7) is 0.121. The summed E-state index contributed by atoms with van der Waals surface area (Å²) in [5, 5.41) is 17.7. The summed E-state index contributed by atoms with van der Waals surface area (Å²) in [5.74, 6) is 0.354. The summed E-state index contributed by atoms with van der Waals surface area (Å²) in [6, 6.07) is 0. The molecule has 2 atom stereocenters. The van der Waals surface area contributed by atoms with Crippen molar-refractivity contribution in [3.8, 4) is 0 Å². The summed E-state index contributed by atoms with van der Waals surface area (Å²) >= 11 is 0. The van der Waals surface area contributed by atoms with Gasteiger partial charge in [0, 0.05) is 26.1 Å². The largest absolute Gasteiger partial charge is 0.396 e. The number of Topliss-reactive ketones (excluding diaryl/α,β-unsaturated/α-hetero) is 1. The number of aliphatic hydroxyl groups is 2. The van der Waals surface area contributed by atoms with Crippen molar-refractivity contribution in [1.82, 2.24) is 0 Å². The Morgan fingerprint density at radius 1 is 1.27 bits per heavy atom. The zero-order valence-corrected chi connectivity index (χ0v) is 6.49. The first-order valence-corrected chi connectivity index (χ1v) is 4.01. The zero-order chi connectivity index (χ0) is 8.27. The molecule has 0 radical (unpaired) electrons. The van der Waals surface area contributed by atoms with E-state index in [2.05, 4.69) is 0 Å². The molecule has 1 rings (SSSR count). The Labute approximate surface area is 66.0 Å². The summed E-state index contributed by atoms with van der Waals surface area (Å²) in [6.07, 6.45) is 1.75. The van der Waals surface area contributed by atoms with E-state index in [0.29, 0.717) is 12.8 Å². The molecule has 2 N–H and O–H groups in total. The number of hydrogen-bond donors (Lipinski definition) is 2. The lowest BCUT2D eigenvalue weighted by Gasteiger charge is -2.27. The molecule has 1 aliphatic rings. The highest BCUT2D eigenvalue weighted by atomic mass is 16.3. The van der Waals surface area contributed by atoms with Crippen LogP contribution < -0.4 is 0 Å². The molecule has 0 bridgehead atoms. The van der Waals surface area contributed by atoms with Crippen LogP contribution in [0.15, 0.2) is 0 Å². The molecule has 0 aromatic heterocycles. The van der Waals surface area contributed by atoms with Crippen molar-refractivity contribution in [2.24, 2.45) is 11.8 Å². The third kappa shape index (κ3) is 2.01. The average Bonchev–Trinajstić information content (AvgIpc) is 2.04. The van der Waals surface area contributed by atoms with Gasteiger partial charge in [-0.05, 0) is 18.3 Å². The number of carbonyl (C=O) groups excluding carboxylic acids is 1. The van der Waals surface area contributed by atoms with Crippen LogP contribution in [0.2, 0.25) is 0 Å².